The Balaban J connectivity index is 1.28. The van der Waals surface area contributed by atoms with Gasteiger partial charge in [0.25, 0.3) is 0 Å². The van der Waals surface area contributed by atoms with Crippen LogP contribution >= 0.6 is 23.1 Å². The van der Waals surface area contributed by atoms with Gasteiger partial charge in [0.05, 0.1) is 25.1 Å². The van der Waals surface area contributed by atoms with E-state index in [1.807, 2.05) is 17.5 Å². The Kier molecular flexibility index (Phi) is 6.77. The van der Waals surface area contributed by atoms with Gasteiger partial charge < -0.3 is 4.90 Å². The van der Waals surface area contributed by atoms with Crippen LogP contribution in [0.2, 0.25) is 0 Å². The molecule has 2 N–H and O–H groups in total. The topological polar surface area (TPSA) is 45.9 Å². The number of nitrogens with zero attached hydrogens (tertiary/aromatic N) is 1. The first-order valence-electron chi connectivity index (χ1n) is 9.71. The molecule has 0 spiro atoms. The third kappa shape index (κ3) is 5.35. The summed E-state index contributed by atoms with van der Waals surface area (Å²) in [5, 5.41) is 6.52. The van der Waals surface area contributed by atoms with Gasteiger partial charge in [0.15, 0.2) is 0 Å². The number of benzene rings is 2. The van der Waals surface area contributed by atoms with Crippen LogP contribution < -0.4 is 10.3 Å². The molecule has 1 amide bonds. The van der Waals surface area contributed by atoms with Gasteiger partial charge in [0.1, 0.15) is 11.3 Å². The summed E-state index contributed by atoms with van der Waals surface area (Å²) in [5.74, 6) is 0.403. The predicted octanol–water partition coefficient (Wildman–Crippen LogP) is 2.99. The number of carbonyl (C=O) groups excluding carboxylic acids is 1. The van der Waals surface area contributed by atoms with Gasteiger partial charge in [-0.2, -0.15) is 5.10 Å². The first-order chi connectivity index (χ1) is 14.3. The van der Waals surface area contributed by atoms with E-state index in [0.29, 0.717) is 17.0 Å². The first-order valence-corrected chi connectivity index (χ1v) is 11.6. The Labute approximate surface area is 179 Å². The van der Waals surface area contributed by atoms with Crippen LogP contribution in [-0.2, 0) is 4.79 Å². The summed E-state index contributed by atoms with van der Waals surface area (Å²) >= 11 is 3.32. The molecule has 4 nitrogen and oxygen atoms in total. The monoisotopic (exact) mass is 422 g/mol. The molecule has 3 aromatic rings. The Morgan fingerprint density at radius 1 is 1.07 bits per heavy atom. The number of rotatable bonds is 8. The fourth-order valence-electron chi connectivity index (χ4n) is 3.59. The van der Waals surface area contributed by atoms with Crippen LogP contribution in [-0.4, -0.2) is 36.2 Å². The van der Waals surface area contributed by atoms with Gasteiger partial charge in [-0.05, 0) is 11.4 Å². The van der Waals surface area contributed by atoms with E-state index in [4.69, 9.17) is 0 Å². The maximum Gasteiger partial charge on any atom is 0.250 e. The fraction of sp³-hybridized carbons (Fsp3) is 0.217. The standard InChI is InChI=1S/C23H23N3OS2/c27-22(25-24-14-20-12-7-13-28-20)17-29-21-15-26(16-21)23(18-8-3-1-4-9-18)19-10-5-2-6-11-19/h1-14,21,23H,15-17H2,(H,25,27)/p+1/b24-14-. The van der Waals surface area contributed by atoms with Gasteiger partial charge in [-0.15, -0.1) is 23.1 Å². The number of quaternary nitrogens is 1. The maximum atomic E-state index is 12.0. The molecule has 0 atom stereocenters. The summed E-state index contributed by atoms with van der Waals surface area (Å²) in [6.45, 7) is 2.12. The van der Waals surface area contributed by atoms with E-state index < -0.39 is 0 Å². The number of nitrogens with one attached hydrogen (secondary N) is 2. The molecule has 0 unspecified atom stereocenters. The molecule has 1 aromatic heterocycles. The number of hydrazone groups is 1. The van der Waals surface area contributed by atoms with Crippen molar-refractivity contribution in [3.63, 3.8) is 0 Å². The van der Waals surface area contributed by atoms with Crippen LogP contribution in [0.5, 0.6) is 0 Å². The molecule has 1 aliphatic heterocycles. The van der Waals surface area contributed by atoms with Gasteiger partial charge >= 0.3 is 0 Å². The molecule has 4 rings (SSSR count). The third-order valence-electron chi connectivity index (χ3n) is 5.03. The predicted molar refractivity (Wildman–Crippen MR) is 122 cm³/mol. The molecule has 0 radical (unpaired) electrons. The number of hydrogen-bond donors (Lipinski definition) is 2. The highest BCUT2D eigenvalue weighted by atomic mass is 32.2. The van der Waals surface area contributed by atoms with Gasteiger partial charge in [-0.1, -0.05) is 66.7 Å². The third-order valence-corrected chi connectivity index (χ3v) is 7.07. The minimum Gasteiger partial charge on any atom is -0.323 e. The van der Waals surface area contributed by atoms with Crippen molar-refractivity contribution in [2.24, 2.45) is 5.10 Å². The number of likely N-dealkylation sites (tertiary alicyclic amines) is 1. The van der Waals surface area contributed by atoms with Crippen molar-refractivity contribution in [1.82, 2.24) is 5.43 Å². The molecule has 2 aromatic carbocycles. The minimum absolute atomic E-state index is 0.0427. The van der Waals surface area contributed by atoms with Crippen molar-refractivity contribution >= 4 is 35.2 Å². The van der Waals surface area contributed by atoms with E-state index in [-0.39, 0.29) is 5.91 Å². The highest BCUT2D eigenvalue weighted by Gasteiger charge is 2.38. The average molecular weight is 423 g/mol. The van der Waals surface area contributed by atoms with Gasteiger partial charge in [0, 0.05) is 16.0 Å². The lowest BCUT2D eigenvalue weighted by Gasteiger charge is -2.40. The van der Waals surface area contributed by atoms with Crippen molar-refractivity contribution in [1.29, 1.82) is 0 Å². The molecule has 0 bridgehead atoms. The molecule has 29 heavy (non-hydrogen) atoms. The van der Waals surface area contributed by atoms with Crippen LogP contribution in [0.3, 0.4) is 0 Å². The molecule has 1 saturated heterocycles. The SMILES string of the molecule is O=C(CSC1C[NH+](C(c2ccccc2)c2ccccc2)C1)N/N=C\c1cccs1. The van der Waals surface area contributed by atoms with Crippen molar-refractivity contribution in [2.75, 3.05) is 18.8 Å². The molecule has 1 aliphatic rings. The first kappa shape index (κ1) is 19.9. The van der Waals surface area contributed by atoms with Crippen LogP contribution in [0.4, 0.5) is 0 Å². The summed E-state index contributed by atoms with van der Waals surface area (Å²) < 4.78 is 0. The highest BCUT2D eigenvalue weighted by Crippen LogP contribution is 2.22. The second-order valence-corrected chi connectivity index (χ2v) is 9.33. The number of hydrogen-bond acceptors (Lipinski definition) is 4. The van der Waals surface area contributed by atoms with Gasteiger partial charge in [-0.3, -0.25) is 4.79 Å². The minimum atomic E-state index is -0.0427. The van der Waals surface area contributed by atoms with Crippen LogP contribution in [0.1, 0.15) is 22.0 Å². The van der Waals surface area contributed by atoms with Gasteiger partial charge in [-0.25, -0.2) is 5.43 Å². The smallest absolute Gasteiger partial charge is 0.250 e. The number of amides is 1. The van der Waals surface area contributed by atoms with E-state index >= 15 is 0 Å². The zero-order valence-electron chi connectivity index (χ0n) is 16.0. The number of carbonyl (C=O) groups is 1. The van der Waals surface area contributed by atoms with E-state index in [0.717, 1.165) is 18.0 Å². The fourth-order valence-corrected chi connectivity index (χ4v) is 5.29. The Morgan fingerprint density at radius 2 is 1.72 bits per heavy atom. The van der Waals surface area contributed by atoms with Gasteiger partial charge in [0.2, 0.25) is 5.91 Å². The van der Waals surface area contributed by atoms with Crippen molar-refractivity contribution < 1.29 is 9.69 Å². The Morgan fingerprint density at radius 3 is 2.31 bits per heavy atom. The summed E-state index contributed by atoms with van der Waals surface area (Å²) in [5.41, 5.74) is 5.31. The van der Waals surface area contributed by atoms with E-state index in [2.05, 4.69) is 71.2 Å². The Bertz CT molecular complexity index is 884. The second-order valence-electron chi connectivity index (χ2n) is 7.06. The lowest BCUT2D eigenvalue weighted by Crippen LogP contribution is -3.21. The van der Waals surface area contributed by atoms with E-state index in [9.17, 15) is 4.79 Å². The van der Waals surface area contributed by atoms with Crippen LogP contribution in [0, 0.1) is 0 Å². The Hall–Kier alpha value is -2.41. The second kappa shape index (κ2) is 9.87. The molecular formula is C23H24N3OS2+. The van der Waals surface area contributed by atoms with Crippen molar-refractivity contribution in [2.45, 2.75) is 11.3 Å². The normalized spacial score (nSPS) is 18.7. The van der Waals surface area contributed by atoms with E-state index in [1.54, 1.807) is 34.2 Å². The lowest BCUT2D eigenvalue weighted by atomic mass is 9.94. The summed E-state index contributed by atoms with van der Waals surface area (Å²) in [7, 11) is 0. The molecule has 1 fully saturated rings. The van der Waals surface area contributed by atoms with Crippen LogP contribution in [0.15, 0.2) is 83.3 Å². The zero-order chi connectivity index (χ0) is 19.9. The summed E-state index contributed by atoms with van der Waals surface area (Å²) in [6, 6.07) is 25.7. The molecule has 2 heterocycles. The highest BCUT2D eigenvalue weighted by molar-refractivity contribution is 8.00. The quantitative estimate of drug-likeness (QED) is 0.433. The largest absolute Gasteiger partial charge is 0.323 e. The summed E-state index contributed by atoms with van der Waals surface area (Å²) in [6.07, 6.45) is 1.69. The zero-order valence-corrected chi connectivity index (χ0v) is 17.7. The number of thioether (sulfide) groups is 1. The van der Waals surface area contributed by atoms with Crippen molar-refractivity contribution in [3.8, 4) is 0 Å². The van der Waals surface area contributed by atoms with E-state index in [1.165, 1.54) is 11.1 Å². The molecular weight excluding hydrogens is 398 g/mol. The molecule has 148 valence electrons. The van der Waals surface area contributed by atoms with Crippen molar-refractivity contribution in [3.05, 3.63) is 94.2 Å². The molecule has 0 saturated carbocycles. The lowest BCUT2D eigenvalue weighted by molar-refractivity contribution is -0.960. The van der Waals surface area contributed by atoms with Crippen LogP contribution in [0.25, 0.3) is 0 Å². The molecule has 0 aliphatic carbocycles. The average Bonchev–Trinajstić information content (AvgIpc) is 3.24. The summed E-state index contributed by atoms with van der Waals surface area (Å²) in [4.78, 5) is 14.6. The molecule has 6 heteroatoms. The maximum absolute atomic E-state index is 12.0. The number of thiophene rings is 1.